The number of alkyl halides is 1. The van der Waals surface area contributed by atoms with Crippen LogP contribution in [0.4, 0.5) is 0 Å². The van der Waals surface area contributed by atoms with Crippen LogP contribution in [0.15, 0.2) is 24.3 Å². The number of benzene rings is 1. The minimum absolute atomic E-state index is 0.0712. The van der Waals surface area contributed by atoms with Crippen molar-refractivity contribution >= 4 is 11.6 Å². The summed E-state index contributed by atoms with van der Waals surface area (Å²) in [6.45, 7) is 2.00. The molecule has 1 aliphatic heterocycles. The van der Waals surface area contributed by atoms with Crippen LogP contribution in [0.5, 0.6) is 0 Å². The van der Waals surface area contributed by atoms with Crippen LogP contribution < -0.4 is 0 Å². The summed E-state index contributed by atoms with van der Waals surface area (Å²) in [6, 6.07) is 8.46. The Labute approximate surface area is 102 Å². The van der Waals surface area contributed by atoms with Crippen LogP contribution in [-0.2, 0) is 15.9 Å². The Hall–Kier alpha value is -0.570. The lowest BCUT2D eigenvalue weighted by Crippen LogP contribution is -2.13. The SMILES string of the molecule is ClCCOCC1OCCCc2ccccc21. The highest BCUT2D eigenvalue weighted by atomic mass is 35.5. The molecule has 1 unspecified atom stereocenters. The van der Waals surface area contributed by atoms with Crippen molar-refractivity contribution in [2.24, 2.45) is 0 Å². The molecule has 3 heteroatoms. The first-order valence-corrected chi connectivity index (χ1v) is 6.28. The lowest BCUT2D eigenvalue weighted by atomic mass is 10.0. The zero-order valence-corrected chi connectivity index (χ0v) is 10.1. The van der Waals surface area contributed by atoms with Gasteiger partial charge in [0.1, 0.15) is 6.10 Å². The molecule has 0 amide bonds. The lowest BCUT2D eigenvalue weighted by molar-refractivity contribution is -0.0119. The molecule has 0 saturated carbocycles. The van der Waals surface area contributed by atoms with E-state index in [0.29, 0.717) is 19.1 Å². The van der Waals surface area contributed by atoms with Crippen LogP contribution >= 0.6 is 11.6 Å². The number of hydrogen-bond acceptors (Lipinski definition) is 2. The summed E-state index contributed by atoms with van der Waals surface area (Å²) in [7, 11) is 0. The number of hydrogen-bond donors (Lipinski definition) is 0. The quantitative estimate of drug-likeness (QED) is 0.595. The van der Waals surface area contributed by atoms with Crippen LogP contribution in [-0.4, -0.2) is 25.7 Å². The third kappa shape index (κ3) is 2.97. The van der Waals surface area contributed by atoms with Gasteiger partial charge in [-0.2, -0.15) is 0 Å². The van der Waals surface area contributed by atoms with Crippen LogP contribution in [0.25, 0.3) is 0 Å². The Morgan fingerprint density at radius 3 is 3.12 bits per heavy atom. The zero-order valence-electron chi connectivity index (χ0n) is 9.32. The molecule has 88 valence electrons. The molecule has 1 heterocycles. The third-order valence-electron chi connectivity index (χ3n) is 2.80. The van der Waals surface area contributed by atoms with E-state index in [1.54, 1.807) is 0 Å². The van der Waals surface area contributed by atoms with Crippen molar-refractivity contribution < 1.29 is 9.47 Å². The standard InChI is InChI=1S/C13H17ClO2/c14-7-9-15-10-13-12-6-2-1-4-11(12)5-3-8-16-13/h1-2,4,6,13H,3,5,7-10H2. The Morgan fingerprint density at radius 2 is 2.25 bits per heavy atom. The van der Waals surface area contributed by atoms with Crippen molar-refractivity contribution in [3.63, 3.8) is 0 Å². The monoisotopic (exact) mass is 240 g/mol. The van der Waals surface area contributed by atoms with Gasteiger partial charge in [0, 0.05) is 12.5 Å². The molecule has 2 rings (SSSR count). The molecule has 0 spiro atoms. The topological polar surface area (TPSA) is 18.5 Å². The summed E-state index contributed by atoms with van der Waals surface area (Å²) in [4.78, 5) is 0. The summed E-state index contributed by atoms with van der Waals surface area (Å²) < 4.78 is 11.3. The predicted molar refractivity (Wildman–Crippen MR) is 65.0 cm³/mol. The molecule has 0 N–H and O–H groups in total. The lowest BCUT2D eigenvalue weighted by Gasteiger charge is -2.17. The number of aryl methyl sites for hydroxylation is 1. The molecular weight excluding hydrogens is 224 g/mol. The molecule has 2 nitrogen and oxygen atoms in total. The fraction of sp³-hybridized carbons (Fsp3) is 0.538. The zero-order chi connectivity index (χ0) is 11.2. The van der Waals surface area contributed by atoms with E-state index in [1.807, 2.05) is 0 Å². The minimum atomic E-state index is 0.0712. The van der Waals surface area contributed by atoms with Gasteiger partial charge in [-0.1, -0.05) is 24.3 Å². The Morgan fingerprint density at radius 1 is 1.38 bits per heavy atom. The van der Waals surface area contributed by atoms with E-state index in [1.165, 1.54) is 11.1 Å². The van der Waals surface area contributed by atoms with Crippen molar-refractivity contribution in [3.05, 3.63) is 35.4 Å². The van der Waals surface area contributed by atoms with Gasteiger partial charge < -0.3 is 9.47 Å². The molecule has 1 aromatic rings. The summed E-state index contributed by atoms with van der Waals surface area (Å²) >= 11 is 5.59. The maximum Gasteiger partial charge on any atom is 0.106 e. The molecule has 0 aliphatic carbocycles. The average Bonchev–Trinajstić information content (AvgIpc) is 2.52. The van der Waals surface area contributed by atoms with Gasteiger partial charge in [0.25, 0.3) is 0 Å². The number of fused-ring (bicyclic) bond motifs is 1. The Kier molecular flexibility index (Phi) is 4.64. The molecule has 1 aliphatic rings. The second-order valence-corrected chi connectivity index (χ2v) is 4.30. The van der Waals surface area contributed by atoms with Gasteiger partial charge in [0.15, 0.2) is 0 Å². The number of halogens is 1. The van der Waals surface area contributed by atoms with Gasteiger partial charge >= 0.3 is 0 Å². The van der Waals surface area contributed by atoms with E-state index in [9.17, 15) is 0 Å². The molecule has 0 bridgehead atoms. The Balaban J connectivity index is 2.06. The van der Waals surface area contributed by atoms with Crippen molar-refractivity contribution in [1.82, 2.24) is 0 Å². The van der Waals surface area contributed by atoms with E-state index >= 15 is 0 Å². The van der Waals surface area contributed by atoms with E-state index in [2.05, 4.69) is 24.3 Å². The molecule has 1 atom stereocenters. The Bertz CT molecular complexity index is 327. The fourth-order valence-corrected chi connectivity index (χ4v) is 2.15. The van der Waals surface area contributed by atoms with E-state index in [4.69, 9.17) is 21.1 Å². The van der Waals surface area contributed by atoms with E-state index in [-0.39, 0.29) is 6.10 Å². The smallest absolute Gasteiger partial charge is 0.106 e. The van der Waals surface area contributed by atoms with Crippen molar-refractivity contribution in [2.45, 2.75) is 18.9 Å². The summed E-state index contributed by atoms with van der Waals surface area (Å²) in [5.74, 6) is 0.536. The van der Waals surface area contributed by atoms with Gasteiger partial charge in [-0.3, -0.25) is 0 Å². The molecule has 0 aromatic heterocycles. The van der Waals surface area contributed by atoms with Gasteiger partial charge in [-0.25, -0.2) is 0 Å². The highest BCUT2D eigenvalue weighted by Crippen LogP contribution is 2.26. The maximum absolute atomic E-state index is 5.81. The second kappa shape index (κ2) is 6.24. The van der Waals surface area contributed by atoms with Gasteiger partial charge in [0.05, 0.1) is 13.2 Å². The molecular formula is C13H17ClO2. The first kappa shape index (κ1) is 11.9. The second-order valence-electron chi connectivity index (χ2n) is 3.93. The highest BCUT2D eigenvalue weighted by molar-refractivity contribution is 6.17. The number of rotatable bonds is 4. The first-order chi connectivity index (χ1) is 7.92. The summed E-state index contributed by atoms with van der Waals surface area (Å²) in [5.41, 5.74) is 2.66. The average molecular weight is 241 g/mol. The molecule has 1 aromatic carbocycles. The van der Waals surface area contributed by atoms with Crippen molar-refractivity contribution in [1.29, 1.82) is 0 Å². The van der Waals surface area contributed by atoms with E-state index in [0.717, 1.165) is 19.4 Å². The minimum Gasteiger partial charge on any atom is -0.377 e. The van der Waals surface area contributed by atoms with Crippen molar-refractivity contribution in [2.75, 3.05) is 25.7 Å². The maximum atomic E-state index is 5.81. The van der Waals surface area contributed by atoms with Gasteiger partial charge in [0.2, 0.25) is 0 Å². The largest absolute Gasteiger partial charge is 0.377 e. The molecule has 0 radical (unpaired) electrons. The van der Waals surface area contributed by atoms with E-state index < -0.39 is 0 Å². The molecule has 0 fully saturated rings. The number of ether oxygens (including phenoxy) is 2. The van der Waals surface area contributed by atoms with Crippen LogP contribution in [0, 0.1) is 0 Å². The van der Waals surface area contributed by atoms with Gasteiger partial charge in [-0.05, 0) is 24.0 Å². The van der Waals surface area contributed by atoms with Crippen LogP contribution in [0.1, 0.15) is 23.7 Å². The molecule has 0 saturated heterocycles. The normalized spacial score (nSPS) is 20.2. The molecule has 16 heavy (non-hydrogen) atoms. The predicted octanol–water partition coefficient (Wildman–Crippen LogP) is 2.95. The van der Waals surface area contributed by atoms with Gasteiger partial charge in [-0.15, -0.1) is 11.6 Å². The van der Waals surface area contributed by atoms with Crippen molar-refractivity contribution in [3.8, 4) is 0 Å². The third-order valence-corrected chi connectivity index (χ3v) is 2.96. The summed E-state index contributed by atoms with van der Waals surface area (Å²) in [5, 5.41) is 0. The fourth-order valence-electron chi connectivity index (χ4n) is 2.04. The highest BCUT2D eigenvalue weighted by Gasteiger charge is 2.18. The van der Waals surface area contributed by atoms with Crippen LogP contribution in [0.3, 0.4) is 0 Å². The summed E-state index contributed by atoms with van der Waals surface area (Å²) in [6.07, 6.45) is 2.26. The van der Waals surface area contributed by atoms with Crippen LogP contribution in [0.2, 0.25) is 0 Å². The first-order valence-electron chi connectivity index (χ1n) is 5.75.